The zero-order valence-corrected chi connectivity index (χ0v) is 16.2. The van der Waals surface area contributed by atoms with Crippen LogP contribution in [0.3, 0.4) is 0 Å². The number of pyridine rings is 1. The molecule has 0 spiro atoms. The number of fused-ring (bicyclic) bond motifs is 1. The van der Waals surface area contributed by atoms with E-state index in [0.717, 1.165) is 18.0 Å². The van der Waals surface area contributed by atoms with Gasteiger partial charge in [0.25, 0.3) is 18.7 Å². The molecule has 12 heteroatoms. The first-order valence-electron chi connectivity index (χ1n) is 7.97. The fourth-order valence-corrected chi connectivity index (χ4v) is 3.49. The van der Waals surface area contributed by atoms with Gasteiger partial charge >= 0.3 is 0 Å². The van der Waals surface area contributed by atoms with Gasteiger partial charge in [0, 0.05) is 23.2 Å². The molecule has 2 heterocycles. The number of methoxy groups -OCH3 is 1. The Morgan fingerprint density at radius 2 is 2.03 bits per heavy atom. The summed E-state index contributed by atoms with van der Waals surface area (Å²) in [5.41, 5.74) is 0.0119. The Hall–Kier alpha value is -2.40. The zero-order valence-electron chi connectivity index (χ0n) is 14.6. The Morgan fingerprint density at radius 3 is 2.69 bits per heavy atom. The molecule has 0 fully saturated rings. The molecule has 0 bridgehead atoms. The summed E-state index contributed by atoms with van der Waals surface area (Å²) in [6.07, 6.45) is -3.95. The van der Waals surface area contributed by atoms with Crippen molar-refractivity contribution in [3.63, 3.8) is 0 Å². The molecule has 0 atom stereocenters. The van der Waals surface area contributed by atoms with Gasteiger partial charge in [0.05, 0.1) is 22.5 Å². The van der Waals surface area contributed by atoms with E-state index < -0.39 is 25.3 Å². The van der Waals surface area contributed by atoms with E-state index in [9.17, 15) is 22.0 Å². The van der Waals surface area contributed by atoms with Crippen LogP contribution in [0.5, 0.6) is 11.6 Å². The van der Waals surface area contributed by atoms with Crippen molar-refractivity contribution in [2.75, 3.05) is 18.4 Å². The van der Waals surface area contributed by atoms with Crippen LogP contribution in [-0.4, -0.2) is 30.1 Å². The second kappa shape index (κ2) is 8.95. The first-order chi connectivity index (χ1) is 13.8. The fraction of sp³-hybridized carbons (Fsp3) is 0.235. The lowest BCUT2D eigenvalue weighted by molar-refractivity contribution is 0.0799. The van der Waals surface area contributed by atoms with Crippen LogP contribution >= 0.6 is 23.5 Å². The van der Waals surface area contributed by atoms with Crippen molar-refractivity contribution in [1.82, 2.24) is 9.97 Å². The number of nitrogens with one attached hydrogen (secondary N) is 2. The lowest BCUT2D eigenvalue weighted by atomic mass is 10.1. The normalized spacial score (nSPS) is 11.5. The van der Waals surface area contributed by atoms with Crippen LogP contribution in [0.4, 0.5) is 27.8 Å². The summed E-state index contributed by atoms with van der Waals surface area (Å²) in [5, 5.41) is 0.442. The number of hydrogen-bond acceptors (Lipinski definition) is 5. The van der Waals surface area contributed by atoms with E-state index in [4.69, 9.17) is 21.1 Å². The summed E-state index contributed by atoms with van der Waals surface area (Å²) in [6, 6.07) is 3.55. The first-order valence-corrected chi connectivity index (χ1v) is 9.17. The molecule has 3 aromatic rings. The average Bonchev–Trinajstić information content (AvgIpc) is 3.09. The van der Waals surface area contributed by atoms with Crippen molar-refractivity contribution in [3.8, 4) is 11.6 Å². The summed E-state index contributed by atoms with van der Waals surface area (Å²) < 4.78 is 77.1. The fourth-order valence-electron chi connectivity index (χ4n) is 2.44. The van der Waals surface area contributed by atoms with E-state index in [2.05, 4.69) is 14.7 Å². The number of aromatic nitrogens is 2. The Kier molecular flexibility index (Phi) is 6.58. The van der Waals surface area contributed by atoms with Crippen LogP contribution in [0.2, 0.25) is 5.02 Å². The summed E-state index contributed by atoms with van der Waals surface area (Å²) in [7, 11) is 1.23. The van der Waals surface area contributed by atoms with Crippen molar-refractivity contribution in [2.24, 2.45) is 0 Å². The topological polar surface area (TPSA) is 59.2 Å². The highest BCUT2D eigenvalue weighted by Gasteiger charge is 2.19. The van der Waals surface area contributed by atoms with Crippen LogP contribution in [0.1, 0.15) is 12.0 Å². The van der Waals surface area contributed by atoms with Gasteiger partial charge in [-0.3, -0.25) is 0 Å². The number of halogens is 6. The summed E-state index contributed by atoms with van der Waals surface area (Å²) >= 11 is 6.95. The monoisotopic (exact) mass is 453 g/mol. The number of nitrogens with zero attached hydrogens (tertiary/aromatic N) is 1. The largest absolute Gasteiger partial charge is 0.482 e. The van der Waals surface area contributed by atoms with Crippen LogP contribution in [0, 0.1) is 5.82 Å². The maximum atomic E-state index is 14.3. The lowest BCUT2D eigenvalue weighted by Crippen LogP contribution is -2.09. The van der Waals surface area contributed by atoms with Crippen LogP contribution in [0.25, 0.3) is 10.9 Å². The predicted molar refractivity (Wildman–Crippen MR) is 100.0 cm³/mol. The third kappa shape index (κ3) is 4.61. The van der Waals surface area contributed by atoms with E-state index in [1.807, 2.05) is 0 Å². The SMILES string of the molecule is COc1nc(NSc2c[nH]c3c(Cl)c(C(F)F)ccc23)c(F)cc1OCC(F)F. The molecule has 0 aliphatic carbocycles. The molecule has 0 aliphatic rings. The molecular weight excluding hydrogens is 441 g/mol. The molecule has 0 aliphatic heterocycles. The highest BCUT2D eigenvalue weighted by Crippen LogP contribution is 2.38. The first kappa shape index (κ1) is 21.3. The summed E-state index contributed by atoms with van der Waals surface area (Å²) in [6.45, 7) is -0.935. The second-order valence-electron chi connectivity index (χ2n) is 5.58. The number of anilines is 1. The van der Waals surface area contributed by atoms with E-state index in [-0.39, 0.29) is 28.0 Å². The number of benzene rings is 1. The maximum Gasteiger partial charge on any atom is 0.272 e. The predicted octanol–water partition coefficient (Wildman–Crippen LogP) is 6.06. The van der Waals surface area contributed by atoms with E-state index in [0.29, 0.717) is 15.8 Å². The highest BCUT2D eigenvalue weighted by atomic mass is 35.5. The van der Waals surface area contributed by atoms with Crippen molar-refractivity contribution in [3.05, 3.63) is 40.8 Å². The molecule has 0 radical (unpaired) electrons. The minimum Gasteiger partial charge on any atom is -0.482 e. The zero-order chi connectivity index (χ0) is 21.1. The Labute approximate surface area is 170 Å². The van der Waals surface area contributed by atoms with Crippen molar-refractivity contribution in [1.29, 1.82) is 0 Å². The molecule has 3 rings (SSSR count). The third-order valence-corrected chi connectivity index (χ3v) is 5.00. The molecule has 29 heavy (non-hydrogen) atoms. The van der Waals surface area contributed by atoms with Gasteiger partial charge in [-0.25, -0.2) is 22.0 Å². The molecular formula is C17H13ClF5N3O2S. The number of H-pyrrole nitrogens is 1. The number of alkyl halides is 4. The molecule has 0 saturated carbocycles. The van der Waals surface area contributed by atoms with Crippen LogP contribution in [-0.2, 0) is 0 Å². The van der Waals surface area contributed by atoms with Gasteiger partial charge in [-0.15, -0.1) is 0 Å². The molecule has 2 aromatic heterocycles. The minimum absolute atomic E-state index is 0.101. The van der Waals surface area contributed by atoms with Gasteiger partial charge in [-0.2, -0.15) is 4.98 Å². The Balaban J connectivity index is 1.82. The third-order valence-electron chi connectivity index (χ3n) is 3.74. The van der Waals surface area contributed by atoms with Gasteiger partial charge in [0.1, 0.15) is 6.61 Å². The smallest absolute Gasteiger partial charge is 0.272 e. The molecule has 5 nitrogen and oxygen atoms in total. The van der Waals surface area contributed by atoms with E-state index in [1.54, 1.807) is 0 Å². The molecule has 2 N–H and O–H groups in total. The second-order valence-corrected chi connectivity index (χ2v) is 6.80. The van der Waals surface area contributed by atoms with Crippen molar-refractivity contribution >= 4 is 40.3 Å². The van der Waals surface area contributed by atoms with Crippen LogP contribution in [0.15, 0.2) is 29.3 Å². The Morgan fingerprint density at radius 1 is 1.28 bits per heavy atom. The summed E-state index contributed by atoms with van der Waals surface area (Å²) in [5.74, 6) is -1.54. The molecule has 1 aromatic carbocycles. The number of ether oxygens (including phenoxy) is 2. The quantitative estimate of drug-likeness (QED) is 0.320. The van der Waals surface area contributed by atoms with E-state index >= 15 is 0 Å². The van der Waals surface area contributed by atoms with Gasteiger partial charge < -0.3 is 19.2 Å². The number of aromatic amines is 1. The van der Waals surface area contributed by atoms with E-state index in [1.165, 1.54) is 25.4 Å². The molecule has 0 saturated heterocycles. The van der Waals surface area contributed by atoms with Crippen molar-refractivity contribution in [2.45, 2.75) is 17.7 Å². The lowest BCUT2D eigenvalue weighted by Gasteiger charge is -2.12. The molecule has 0 amide bonds. The number of hydrogen-bond donors (Lipinski definition) is 2. The Bertz CT molecular complexity index is 1020. The van der Waals surface area contributed by atoms with Gasteiger partial charge in [-0.1, -0.05) is 23.7 Å². The van der Waals surface area contributed by atoms with Crippen molar-refractivity contribution < 1.29 is 31.4 Å². The van der Waals surface area contributed by atoms with Gasteiger partial charge in [-0.05, 0) is 11.9 Å². The van der Waals surface area contributed by atoms with Crippen LogP contribution < -0.4 is 14.2 Å². The molecule has 0 unspecified atom stereocenters. The highest BCUT2D eigenvalue weighted by molar-refractivity contribution is 8.00. The number of rotatable bonds is 8. The minimum atomic E-state index is -2.74. The maximum absolute atomic E-state index is 14.3. The van der Waals surface area contributed by atoms with Gasteiger partial charge in [0.2, 0.25) is 0 Å². The molecule has 156 valence electrons. The standard InChI is InChI=1S/C17H13ClF5N3O2S/c1-27-17-10(28-6-12(20)21)4-9(19)16(25-17)26-29-11-5-24-14-7(11)2-3-8(13(14)18)15(22)23/h2-5,12,15,24H,6H2,1H3,(H,25,26). The summed E-state index contributed by atoms with van der Waals surface area (Å²) in [4.78, 5) is 7.22. The average molecular weight is 454 g/mol. The van der Waals surface area contributed by atoms with Gasteiger partial charge in [0.15, 0.2) is 17.4 Å².